The van der Waals surface area contributed by atoms with E-state index < -0.39 is 0 Å². The van der Waals surface area contributed by atoms with Crippen LogP contribution in [0.25, 0.3) is 121 Å². The van der Waals surface area contributed by atoms with Crippen molar-refractivity contribution in [3.63, 3.8) is 0 Å². The Morgan fingerprint density at radius 3 is 1.48 bits per heavy atom. The maximum absolute atomic E-state index is 6.73. The normalized spacial score (nSPS) is 11.5. The van der Waals surface area contributed by atoms with Gasteiger partial charge in [-0.2, -0.15) is 0 Å². The summed E-state index contributed by atoms with van der Waals surface area (Å²) < 4.78 is 9.31. The van der Waals surface area contributed by atoms with Gasteiger partial charge in [0.1, 0.15) is 11.2 Å². The van der Waals surface area contributed by atoms with Crippen LogP contribution in [0.1, 0.15) is 0 Å². The van der Waals surface area contributed by atoms with E-state index in [2.05, 4.69) is 194 Å². The average Bonchev–Trinajstić information content (AvgIpc) is 3.93. The van der Waals surface area contributed by atoms with Crippen LogP contribution in [-0.2, 0) is 0 Å². The zero-order chi connectivity index (χ0) is 41.0. The van der Waals surface area contributed by atoms with Crippen molar-refractivity contribution in [1.82, 2.24) is 15.0 Å². The number of benzene rings is 9. The zero-order valence-corrected chi connectivity index (χ0v) is 34.2. The van der Waals surface area contributed by atoms with Gasteiger partial charge in [0.2, 0.25) is 0 Å². The molecule has 0 N–H and O–H groups in total. The molecular weight excluding hydrogens is 775 g/mol. The van der Waals surface area contributed by atoms with Crippen molar-refractivity contribution in [3.05, 3.63) is 212 Å². The fourth-order valence-corrected chi connectivity index (χ4v) is 9.78. The first-order valence-corrected chi connectivity index (χ1v) is 21.6. The second-order valence-electron chi connectivity index (χ2n) is 15.5. The van der Waals surface area contributed by atoms with Crippen LogP contribution in [0.2, 0.25) is 0 Å². The summed E-state index contributed by atoms with van der Waals surface area (Å²) in [6.45, 7) is 0. The molecule has 62 heavy (non-hydrogen) atoms. The van der Waals surface area contributed by atoms with Crippen molar-refractivity contribution in [2.75, 3.05) is 0 Å². The standard InChI is InChI=1S/C57H35N3OS/c1-3-13-36(14-4-1)40-17-11-19-43(33-40)56-58-55(59-57(60-56)44-20-12-18-41(34-44)37-15-5-2-6-16-37)39-27-25-38(26-28-39)45-30-31-46(54-53(45)48-22-7-9-23-50(48)61-54)42-29-32-52-49(35-42)47-21-8-10-24-51(47)62-52/h1-35H. The van der Waals surface area contributed by atoms with E-state index in [-0.39, 0.29) is 0 Å². The second kappa shape index (κ2) is 14.9. The minimum atomic E-state index is 0.609. The van der Waals surface area contributed by atoms with Crippen molar-refractivity contribution in [2.24, 2.45) is 0 Å². The summed E-state index contributed by atoms with van der Waals surface area (Å²) in [5.74, 6) is 1.85. The molecule has 4 nitrogen and oxygen atoms in total. The quantitative estimate of drug-likeness (QED) is 0.161. The van der Waals surface area contributed by atoms with Crippen LogP contribution in [0.15, 0.2) is 217 Å². The number of fused-ring (bicyclic) bond motifs is 6. The molecule has 12 aromatic rings. The monoisotopic (exact) mass is 809 g/mol. The molecule has 290 valence electrons. The number of furan rings is 1. The molecule has 0 aliphatic rings. The second-order valence-corrected chi connectivity index (χ2v) is 16.6. The molecule has 0 spiro atoms. The highest BCUT2D eigenvalue weighted by Gasteiger charge is 2.19. The summed E-state index contributed by atoms with van der Waals surface area (Å²) in [6, 6.07) is 74.5. The topological polar surface area (TPSA) is 51.8 Å². The van der Waals surface area contributed by atoms with Crippen LogP contribution < -0.4 is 0 Å². The first-order chi connectivity index (χ1) is 30.7. The zero-order valence-electron chi connectivity index (χ0n) is 33.4. The third kappa shape index (κ3) is 6.35. The van der Waals surface area contributed by atoms with Gasteiger partial charge >= 0.3 is 0 Å². The third-order valence-corrected chi connectivity index (χ3v) is 12.9. The van der Waals surface area contributed by atoms with Crippen LogP contribution in [0.5, 0.6) is 0 Å². The molecule has 5 heteroatoms. The molecule has 12 rings (SSSR count). The van der Waals surface area contributed by atoms with Crippen LogP contribution in [0, 0.1) is 0 Å². The number of hydrogen-bond acceptors (Lipinski definition) is 5. The van der Waals surface area contributed by atoms with Crippen LogP contribution >= 0.6 is 11.3 Å². The van der Waals surface area contributed by atoms with Crippen molar-refractivity contribution in [1.29, 1.82) is 0 Å². The predicted octanol–water partition coefficient (Wildman–Crippen LogP) is 15.8. The molecule has 0 saturated carbocycles. The maximum Gasteiger partial charge on any atom is 0.164 e. The molecule has 0 bridgehead atoms. The summed E-state index contributed by atoms with van der Waals surface area (Å²) in [6.07, 6.45) is 0. The summed E-state index contributed by atoms with van der Waals surface area (Å²) >= 11 is 1.83. The van der Waals surface area contributed by atoms with Crippen molar-refractivity contribution in [3.8, 4) is 78.7 Å². The Balaban J connectivity index is 0.973. The minimum Gasteiger partial charge on any atom is -0.455 e. The molecular formula is C57H35N3OS. The highest BCUT2D eigenvalue weighted by atomic mass is 32.1. The molecule has 0 radical (unpaired) electrons. The van der Waals surface area contributed by atoms with Gasteiger partial charge in [-0.15, -0.1) is 11.3 Å². The molecule has 3 heterocycles. The van der Waals surface area contributed by atoms with Gasteiger partial charge in [-0.3, -0.25) is 0 Å². The largest absolute Gasteiger partial charge is 0.455 e. The van der Waals surface area contributed by atoms with E-state index in [1.807, 2.05) is 29.5 Å². The van der Waals surface area contributed by atoms with E-state index in [0.717, 1.165) is 83.1 Å². The Bertz CT molecular complexity index is 3530. The smallest absolute Gasteiger partial charge is 0.164 e. The van der Waals surface area contributed by atoms with Gasteiger partial charge in [0.05, 0.1) is 0 Å². The first-order valence-electron chi connectivity index (χ1n) is 20.7. The molecule has 0 fully saturated rings. The number of hydrogen-bond donors (Lipinski definition) is 0. The third-order valence-electron chi connectivity index (χ3n) is 11.8. The lowest BCUT2D eigenvalue weighted by molar-refractivity contribution is 0.670. The molecule has 0 amide bonds. The van der Waals surface area contributed by atoms with E-state index >= 15 is 0 Å². The van der Waals surface area contributed by atoms with E-state index in [0.29, 0.717) is 17.5 Å². The van der Waals surface area contributed by atoms with Crippen LogP contribution in [-0.4, -0.2) is 15.0 Å². The Morgan fingerprint density at radius 1 is 0.306 bits per heavy atom. The fraction of sp³-hybridized carbons (Fsp3) is 0. The molecule has 0 unspecified atom stereocenters. The summed E-state index contributed by atoms with van der Waals surface area (Å²) in [4.78, 5) is 15.4. The molecule has 9 aromatic carbocycles. The van der Waals surface area contributed by atoms with Gasteiger partial charge in [-0.05, 0) is 81.4 Å². The SMILES string of the molecule is c1ccc(-c2cccc(-c3nc(-c4ccc(-c5ccc(-c6ccc7sc8ccccc8c7c6)c6oc7ccccc7c56)cc4)nc(-c4cccc(-c5ccccc5)c4)n3)c2)cc1. The maximum atomic E-state index is 6.73. The lowest BCUT2D eigenvalue weighted by atomic mass is 9.93. The summed E-state index contributed by atoms with van der Waals surface area (Å²) in [5, 5.41) is 4.74. The average molecular weight is 810 g/mol. The Morgan fingerprint density at radius 2 is 0.806 bits per heavy atom. The Kier molecular flexibility index (Phi) is 8.65. The van der Waals surface area contributed by atoms with Crippen molar-refractivity contribution < 1.29 is 4.42 Å². The molecule has 0 aliphatic heterocycles. The number of thiophene rings is 1. The van der Waals surface area contributed by atoms with E-state index in [1.54, 1.807) is 0 Å². The highest BCUT2D eigenvalue weighted by molar-refractivity contribution is 7.25. The van der Waals surface area contributed by atoms with Gasteiger partial charge in [0.25, 0.3) is 0 Å². The fourth-order valence-electron chi connectivity index (χ4n) is 8.69. The van der Waals surface area contributed by atoms with E-state index in [4.69, 9.17) is 19.4 Å². The van der Waals surface area contributed by atoms with Gasteiger partial charge in [0.15, 0.2) is 17.5 Å². The molecule has 0 aliphatic carbocycles. The Labute approximate surface area is 362 Å². The van der Waals surface area contributed by atoms with Gasteiger partial charge in [-0.1, -0.05) is 170 Å². The number of nitrogens with zero attached hydrogens (tertiary/aromatic N) is 3. The Hall–Kier alpha value is -7.99. The van der Waals surface area contributed by atoms with E-state index in [9.17, 15) is 0 Å². The van der Waals surface area contributed by atoms with Crippen LogP contribution in [0.3, 0.4) is 0 Å². The predicted molar refractivity (Wildman–Crippen MR) is 258 cm³/mol. The van der Waals surface area contributed by atoms with Gasteiger partial charge in [0, 0.05) is 53.2 Å². The molecule has 3 aromatic heterocycles. The van der Waals surface area contributed by atoms with Gasteiger partial charge in [-0.25, -0.2) is 15.0 Å². The van der Waals surface area contributed by atoms with Crippen molar-refractivity contribution >= 4 is 53.4 Å². The van der Waals surface area contributed by atoms with Gasteiger partial charge < -0.3 is 4.42 Å². The number of aromatic nitrogens is 3. The number of rotatable bonds is 7. The lowest BCUT2D eigenvalue weighted by Gasteiger charge is -2.12. The lowest BCUT2D eigenvalue weighted by Crippen LogP contribution is -2.00. The van der Waals surface area contributed by atoms with E-state index in [1.165, 1.54) is 20.2 Å². The molecule has 0 saturated heterocycles. The number of para-hydroxylation sites is 1. The minimum absolute atomic E-state index is 0.609. The summed E-state index contributed by atoms with van der Waals surface area (Å²) in [7, 11) is 0. The summed E-state index contributed by atoms with van der Waals surface area (Å²) in [5.41, 5.74) is 13.4. The first kappa shape index (κ1) is 35.9. The molecule has 0 atom stereocenters. The van der Waals surface area contributed by atoms with Crippen LogP contribution in [0.4, 0.5) is 0 Å². The van der Waals surface area contributed by atoms with Crippen molar-refractivity contribution in [2.45, 2.75) is 0 Å². The highest BCUT2D eigenvalue weighted by Crippen LogP contribution is 2.44.